The molecule has 1 fully saturated rings. The molecule has 1 aliphatic rings. The minimum absolute atomic E-state index is 0.0117. The van der Waals surface area contributed by atoms with Gasteiger partial charge in [-0.2, -0.15) is 0 Å². The van der Waals surface area contributed by atoms with Gasteiger partial charge in [-0.25, -0.2) is 9.18 Å². The molecule has 0 atom stereocenters. The van der Waals surface area contributed by atoms with Crippen LogP contribution >= 0.6 is 0 Å². The molecule has 0 bridgehead atoms. The van der Waals surface area contributed by atoms with Crippen molar-refractivity contribution >= 4 is 11.9 Å². The van der Waals surface area contributed by atoms with Gasteiger partial charge in [0, 0.05) is 26.2 Å². The van der Waals surface area contributed by atoms with E-state index in [4.69, 9.17) is 5.11 Å². The molecule has 1 aliphatic heterocycles. The molecule has 2 aromatic carbocycles. The highest BCUT2D eigenvalue weighted by Gasteiger charge is 2.24. The standard InChI is InChI=1S/C19H19FN2O3/c20-17-3-1-2-15(10-17)12-22-9-8-21(13-18(22)23)11-14-4-6-16(7-5-14)19(24)25/h1-7,10H,8-9,11-13H2,(H,24,25). The maximum Gasteiger partial charge on any atom is 0.335 e. The number of aromatic carboxylic acids is 1. The van der Waals surface area contributed by atoms with Crippen molar-refractivity contribution in [3.05, 3.63) is 71.0 Å². The Labute approximate surface area is 145 Å². The zero-order valence-corrected chi connectivity index (χ0v) is 13.7. The monoisotopic (exact) mass is 342 g/mol. The van der Waals surface area contributed by atoms with E-state index < -0.39 is 5.97 Å². The molecule has 1 heterocycles. The van der Waals surface area contributed by atoms with E-state index in [1.165, 1.54) is 12.1 Å². The van der Waals surface area contributed by atoms with Crippen LogP contribution in [0.4, 0.5) is 4.39 Å². The number of amides is 1. The Hall–Kier alpha value is -2.73. The van der Waals surface area contributed by atoms with Crippen LogP contribution in [0.2, 0.25) is 0 Å². The number of carboxylic acid groups (broad SMARTS) is 1. The van der Waals surface area contributed by atoms with Crippen molar-refractivity contribution in [3.63, 3.8) is 0 Å². The van der Waals surface area contributed by atoms with Gasteiger partial charge < -0.3 is 10.0 Å². The number of benzene rings is 2. The molecule has 5 nitrogen and oxygen atoms in total. The first-order chi connectivity index (χ1) is 12.0. The average Bonchev–Trinajstić information content (AvgIpc) is 2.58. The second kappa shape index (κ2) is 7.44. The molecule has 0 spiro atoms. The Morgan fingerprint density at radius 3 is 2.44 bits per heavy atom. The summed E-state index contributed by atoms with van der Waals surface area (Å²) in [6.45, 7) is 2.62. The van der Waals surface area contributed by atoms with Crippen LogP contribution in [-0.4, -0.2) is 46.4 Å². The minimum Gasteiger partial charge on any atom is -0.478 e. The van der Waals surface area contributed by atoms with Gasteiger partial charge in [0.25, 0.3) is 0 Å². The summed E-state index contributed by atoms with van der Waals surface area (Å²) in [5.41, 5.74) is 2.00. The number of halogens is 1. The third-order valence-electron chi connectivity index (χ3n) is 4.27. The summed E-state index contributed by atoms with van der Waals surface area (Å²) in [7, 11) is 0. The lowest BCUT2D eigenvalue weighted by Gasteiger charge is -2.34. The molecule has 0 aliphatic carbocycles. The van der Waals surface area contributed by atoms with Crippen LogP contribution in [0, 0.1) is 5.82 Å². The van der Waals surface area contributed by atoms with E-state index in [1.54, 1.807) is 35.2 Å². The predicted octanol–water partition coefficient (Wildman–Crippen LogP) is 2.37. The van der Waals surface area contributed by atoms with E-state index in [1.807, 2.05) is 11.0 Å². The fourth-order valence-corrected chi connectivity index (χ4v) is 2.93. The lowest BCUT2D eigenvalue weighted by Crippen LogP contribution is -2.49. The Bertz CT molecular complexity index is 776. The average molecular weight is 342 g/mol. The normalized spacial score (nSPS) is 15.4. The van der Waals surface area contributed by atoms with Crippen LogP contribution in [0.3, 0.4) is 0 Å². The maximum atomic E-state index is 13.3. The molecule has 0 aromatic heterocycles. The molecule has 3 rings (SSSR count). The van der Waals surface area contributed by atoms with Crippen LogP contribution in [0.1, 0.15) is 21.5 Å². The highest BCUT2D eigenvalue weighted by molar-refractivity contribution is 5.87. The SMILES string of the molecule is O=C(O)c1ccc(CN2CCN(Cc3cccc(F)c3)C(=O)C2)cc1. The molecule has 1 amide bonds. The predicted molar refractivity (Wildman–Crippen MR) is 90.5 cm³/mol. The minimum atomic E-state index is -0.951. The van der Waals surface area contributed by atoms with Crippen LogP contribution in [-0.2, 0) is 17.9 Å². The second-order valence-corrected chi connectivity index (χ2v) is 6.16. The van der Waals surface area contributed by atoms with E-state index in [-0.39, 0.29) is 17.3 Å². The van der Waals surface area contributed by atoms with Crippen molar-refractivity contribution in [2.45, 2.75) is 13.1 Å². The van der Waals surface area contributed by atoms with Gasteiger partial charge in [0.1, 0.15) is 5.82 Å². The first-order valence-electron chi connectivity index (χ1n) is 8.08. The van der Waals surface area contributed by atoms with Crippen molar-refractivity contribution in [1.82, 2.24) is 9.80 Å². The van der Waals surface area contributed by atoms with Gasteiger partial charge in [0.05, 0.1) is 12.1 Å². The van der Waals surface area contributed by atoms with E-state index in [9.17, 15) is 14.0 Å². The van der Waals surface area contributed by atoms with Crippen molar-refractivity contribution in [3.8, 4) is 0 Å². The first-order valence-corrected chi connectivity index (χ1v) is 8.08. The molecule has 0 saturated carbocycles. The third-order valence-corrected chi connectivity index (χ3v) is 4.27. The zero-order chi connectivity index (χ0) is 17.8. The summed E-state index contributed by atoms with van der Waals surface area (Å²) >= 11 is 0. The molecule has 6 heteroatoms. The Kier molecular flexibility index (Phi) is 5.09. The van der Waals surface area contributed by atoms with Crippen LogP contribution in [0.25, 0.3) is 0 Å². The highest BCUT2D eigenvalue weighted by Crippen LogP contribution is 2.14. The summed E-state index contributed by atoms with van der Waals surface area (Å²) in [6, 6.07) is 13.0. The molecular weight excluding hydrogens is 323 g/mol. The smallest absolute Gasteiger partial charge is 0.335 e. The lowest BCUT2D eigenvalue weighted by atomic mass is 10.1. The van der Waals surface area contributed by atoms with E-state index in [0.29, 0.717) is 26.2 Å². The summed E-state index contributed by atoms with van der Waals surface area (Å²) in [6.07, 6.45) is 0. The van der Waals surface area contributed by atoms with Crippen molar-refractivity contribution < 1.29 is 19.1 Å². The number of piperazine rings is 1. The van der Waals surface area contributed by atoms with Crippen molar-refractivity contribution in [1.29, 1.82) is 0 Å². The van der Waals surface area contributed by atoms with E-state index >= 15 is 0 Å². The van der Waals surface area contributed by atoms with E-state index in [0.717, 1.165) is 17.7 Å². The van der Waals surface area contributed by atoms with Gasteiger partial charge in [-0.3, -0.25) is 9.69 Å². The fourth-order valence-electron chi connectivity index (χ4n) is 2.93. The number of rotatable bonds is 5. The van der Waals surface area contributed by atoms with Crippen LogP contribution < -0.4 is 0 Å². The summed E-state index contributed by atoms with van der Waals surface area (Å²) in [5, 5.41) is 8.92. The summed E-state index contributed by atoms with van der Waals surface area (Å²) < 4.78 is 13.3. The molecule has 1 N–H and O–H groups in total. The highest BCUT2D eigenvalue weighted by atomic mass is 19.1. The number of carboxylic acids is 1. The van der Waals surface area contributed by atoms with Gasteiger partial charge in [0.15, 0.2) is 0 Å². The first kappa shape index (κ1) is 17.1. The van der Waals surface area contributed by atoms with Gasteiger partial charge in [0.2, 0.25) is 5.91 Å². The number of hydrogen-bond donors (Lipinski definition) is 1. The van der Waals surface area contributed by atoms with Gasteiger partial charge >= 0.3 is 5.97 Å². The molecule has 130 valence electrons. The molecule has 25 heavy (non-hydrogen) atoms. The zero-order valence-electron chi connectivity index (χ0n) is 13.7. The maximum absolute atomic E-state index is 13.3. The topological polar surface area (TPSA) is 60.9 Å². The number of nitrogens with zero attached hydrogens (tertiary/aromatic N) is 2. The number of carbonyl (C=O) groups excluding carboxylic acids is 1. The van der Waals surface area contributed by atoms with E-state index in [2.05, 4.69) is 0 Å². The largest absolute Gasteiger partial charge is 0.478 e. The fraction of sp³-hybridized carbons (Fsp3) is 0.263. The van der Waals surface area contributed by atoms with Crippen molar-refractivity contribution in [2.75, 3.05) is 19.6 Å². The molecular formula is C19H19FN2O3. The van der Waals surface area contributed by atoms with Gasteiger partial charge in [-0.15, -0.1) is 0 Å². The molecule has 1 saturated heterocycles. The van der Waals surface area contributed by atoms with Gasteiger partial charge in [-0.1, -0.05) is 24.3 Å². The van der Waals surface area contributed by atoms with Crippen LogP contribution in [0.5, 0.6) is 0 Å². The number of hydrogen-bond acceptors (Lipinski definition) is 3. The summed E-state index contributed by atoms with van der Waals surface area (Å²) in [4.78, 5) is 27.0. The Morgan fingerprint density at radius 2 is 1.80 bits per heavy atom. The quantitative estimate of drug-likeness (QED) is 0.906. The molecule has 2 aromatic rings. The Balaban J connectivity index is 1.56. The third kappa shape index (κ3) is 4.42. The van der Waals surface area contributed by atoms with Crippen LogP contribution in [0.15, 0.2) is 48.5 Å². The van der Waals surface area contributed by atoms with Crippen molar-refractivity contribution in [2.24, 2.45) is 0 Å². The lowest BCUT2D eigenvalue weighted by molar-refractivity contribution is -0.136. The second-order valence-electron chi connectivity index (χ2n) is 6.16. The molecule has 0 unspecified atom stereocenters. The summed E-state index contributed by atoms with van der Waals surface area (Å²) in [5.74, 6) is -1.24. The van der Waals surface area contributed by atoms with Gasteiger partial charge in [-0.05, 0) is 35.4 Å². The molecule has 0 radical (unpaired) electrons. The number of carbonyl (C=O) groups is 2. The Morgan fingerprint density at radius 1 is 1.04 bits per heavy atom.